The van der Waals surface area contributed by atoms with Gasteiger partial charge in [0, 0.05) is 6.54 Å². The van der Waals surface area contributed by atoms with Crippen LogP contribution in [0.4, 0.5) is 0 Å². The molecule has 20 heavy (non-hydrogen) atoms. The van der Waals surface area contributed by atoms with Crippen LogP contribution < -0.4 is 11.1 Å². The van der Waals surface area contributed by atoms with Crippen molar-refractivity contribution in [1.82, 2.24) is 25.5 Å². The van der Waals surface area contributed by atoms with Crippen LogP contribution in [0, 0.1) is 5.92 Å². The fourth-order valence-electron chi connectivity index (χ4n) is 1.67. The molecular formula is C13H18N6O. The highest BCUT2D eigenvalue weighted by atomic mass is 16.1. The molecule has 1 aromatic carbocycles. The third-order valence-electron chi connectivity index (χ3n) is 2.96. The van der Waals surface area contributed by atoms with Crippen molar-refractivity contribution < 1.29 is 4.79 Å². The SMILES string of the molecule is CC(CN)CNC(=O)Cc1ccc(-n2cnnn2)cc1. The standard InChI is InChI=1S/C13H18N6O/c1-10(7-14)8-15-13(20)6-11-2-4-12(5-3-11)19-9-16-17-18-19/h2-5,9-10H,6-8,14H2,1H3,(H,15,20). The van der Waals surface area contributed by atoms with E-state index in [-0.39, 0.29) is 5.91 Å². The zero-order chi connectivity index (χ0) is 14.4. The summed E-state index contributed by atoms with van der Waals surface area (Å²) in [7, 11) is 0. The van der Waals surface area contributed by atoms with Gasteiger partial charge in [-0.15, -0.1) is 5.10 Å². The molecule has 3 N–H and O–H groups in total. The zero-order valence-corrected chi connectivity index (χ0v) is 11.4. The maximum absolute atomic E-state index is 11.8. The van der Waals surface area contributed by atoms with E-state index in [2.05, 4.69) is 20.8 Å². The number of amides is 1. The highest BCUT2D eigenvalue weighted by molar-refractivity contribution is 5.78. The van der Waals surface area contributed by atoms with Crippen LogP contribution in [0.5, 0.6) is 0 Å². The Morgan fingerprint density at radius 2 is 2.15 bits per heavy atom. The van der Waals surface area contributed by atoms with Crippen LogP contribution in [0.1, 0.15) is 12.5 Å². The second kappa shape index (κ2) is 6.76. The lowest BCUT2D eigenvalue weighted by Gasteiger charge is -2.10. The Hall–Kier alpha value is -2.28. The van der Waals surface area contributed by atoms with Gasteiger partial charge < -0.3 is 11.1 Å². The number of rotatable bonds is 6. The molecule has 1 aromatic heterocycles. The number of nitrogens with one attached hydrogen (secondary N) is 1. The van der Waals surface area contributed by atoms with Crippen LogP contribution in [-0.2, 0) is 11.2 Å². The molecule has 0 saturated heterocycles. The van der Waals surface area contributed by atoms with Crippen molar-refractivity contribution >= 4 is 5.91 Å². The molecule has 0 saturated carbocycles. The summed E-state index contributed by atoms with van der Waals surface area (Å²) in [6.45, 7) is 3.18. The summed E-state index contributed by atoms with van der Waals surface area (Å²) in [6.07, 6.45) is 1.88. The minimum atomic E-state index is 0.000438. The molecule has 1 heterocycles. The lowest BCUT2D eigenvalue weighted by atomic mass is 10.1. The van der Waals surface area contributed by atoms with Crippen LogP contribution in [0.3, 0.4) is 0 Å². The summed E-state index contributed by atoms with van der Waals surface area (Å²) < 4.78 is 1.56. The minimum Gasteiger partial charge on any atom is -0.356 e. The topological polar surface area (TPSA) is 98.7 Å². The maximum Gasteiger partial charge on any atom is 0.224 e. The highest BCUT2D eigenvalue weighted by Gasteiger charge is 2.06. The van der Waals surface area contributed by atoms with Crippen LogP contribution >= 0.6 is 0 Å². The quantitative estimate of drug-likeness (QED) is 0.767. The fraction of sp³-hybridized carbons (Fsp3) is 0.385. The van der Waals surface area contributed by atoms with Gasteiger partial charge in [0.1, 0.15) is 6.33 Å². The Bertz CT molecular complexity index is 536. The van der Waals surface area contributed by atoms with Crippen molar-refractivity contribution in [2.75, 3.05) is 13.1 Å². The van der Waals surface area contributed by atoms with Crippen molar-refractivity contribution in [3.05, 3.63) is 36.2 Å². The first kappa shape index (κ1) is 14.1. The number of carbonyl (C=O) groups is 1. The average molecular weight is 274 g/mol. The van der Waals surface area contributed by atoms with Gasteiger partial charge in [0.2, 0.25) is 5.91 Å². The lowest BCUT2D eigenvalue weighted by molar-refractivity contribution is -0.120. The van der Waals surface area contributed by atoms with E-state index in [1.165, 1.54) is 6.33 Å². The van der Waals surface area contributed by atoms with Crippen molar-refractivity contribution in [3.8, 4) is 5.69 Å². The molecule has 7 nitrogen and oxygen atoms in total. The van der Waals surface area contributed by atoms with Gasteiger partial charge in [-0.2, -0.15) is 0 Å². The average Bonchev–Trinajstić information content (AvgIpc) is 2.99. The fourth-order valence-corrected chi connectivity index (χ4v) is 1.67. The molecule has 0 spiro atoms. The van der Waals surface area contributed by atoms with Gasteiger partial charge in [0.25, 0.3) is 0 Å². The Morgan fingerprint density at radius 3 is 2.75 bits per heavy atom. The number of nitrogens with zero attached hydrogens (tertiary/aromatic N) is 4. The number of hydrogen-bond acceptors (Lipinski definition) is 5. The van der Waals surface area contributed by atoms with E-state index in [9.17, 15) is 4.79 Å². The van der Waals surface area contributed by atoms with Crippen molar-refractivity contribution in [2.24, 2.45) is 11.7 Å². The van der Waals surface area contributed by atoms with Gasteiger partial charge in [-0.3, -0.25) is 4.79 Å². The summed E-state index contributed by atoms with van der Waals surface area (Å²) >= 11 is 0. The van der Waals surface area contributed by atoms with Crippen molar-refractivity contribution in [1.29, 1.82) is 0 Å². The van der Waals surface area contributed by atoms with E-state index in [0.29, 0.717) is 25.4 Å². The van der Waals surface area contributed by atoms with E-state index in [4.69, 9.17) is 5.73 Å². The van der Waals surface area contributed by atoms with E-state index < -0.39 is 0 Å². The van der Waals surface area contributed by atoms with Gasteiger partial charge >= 0.3 is 0 Å². The number of tetrazole rings is 1. The molecule has 2 rings (SSSR count). The Balaban J connectivity index is 1.89. The summed E-state index contributed by atoms with van der Waals surface area (Å²) in [4.78, 5) is 11.8. The first-order valence-electron chi connectivity index (χ1n) is 6.48. The second-order valence-electron chi connectivity index (χ2n) is 4.74. The number of benzene rings is 1. The van der Waals surface area contributed by atoms with Crippen LogP contribution in [0.25, 0.3) is 5.69 Å². The zero-order valence-electron chi connectivity index (χ0n) is 11.4. The third-order valence-corrected chi connectivity index (χ3v) is 2.96. The number of carbonyl (C=O) groups excluding carboxylic acids is 1. The molecule has 1 unspecified atom stereocenters. The van der Waals surface area contributed by atoms with Gasteiger partial charge in [0.05, 0.1) is 12.1 Å². The summed E-state index contributed by atoms with van der Waals surface area (Å²) in [5, 5.41) is 13.8. The molecule has 7 heteroatoms. The van der Waals surface area contributed by atoms with Gasteiger partial charge in [0.15, 0.2) is 0 Å². The molecular weight excluding hydrogens is 256 g/mol. The Labute approximate surface area is 117 Å². The molecule has 0 aliphatic rings. The van der Waals surface area contributed by atoms with E-state index >= 15 is 0 Å². The molecule has 106 valence electrons. The molecule has 0 aliphatic carbocycles. The molecule has 0 bridgehead atoms. The molecule has 0 fully saturated rings. The molecule has 2 aromatic rings. The monoisotopic (exact) mass is 274 g/mol. The van der Waals surface area contributed by atoms with Crippen molar-refractivity contribution in [3.63, 3.8) is 0 Å². The summed E-state index contributed by atoms with van der Waals surface area (Å²) in [6, 6.07) is 7.54. The van der Waals surface area contributed by atoms with Crippen LogP contribution in [0.15, 0.2) is 30.6 Å². The number of nitrogens with two attached hydrogens (primary N) is 1. The summed E-state index contributed by atoms with van der Waals surface area (Å²) in [5.41, 5.74) is 7.31. The Morgan fingerprint density at radius 1 is 1.40 bits per heavy atom. The van der Waals surface area contributed by atoms with Crippen molar-refractivity contribution in [2.45, 2.75) is 13.3 Å². The summed E-state index contributed by atoms with van der Waals surface area (Å²) in [5.74, 6) is 0.293. The highest BCUT2D eigenvalue weighted by Crippen LogP contribution is 2.08. The first-order chi connectivity index (χ1) is 9.69. The first-order valence-corrected chi connectivity index (χ1v) is 6.48. The molecule has 1 atom stereocenters. The molecule has 1 amide bonds. The number of aromatic nitrogens is 4. The molecule has 0 aliphatic heterocycles. The largest absolute Gasteiger partial charge is 0.356 e. The maximum atomic E-state index is 11.8. The smallest absolute Gasteiger partial charge is 0.224 e. The van der Waals surface area contributed by atoms with Gasteiger partial charge in [-0.1, -0.05) is 19.1 Å². The van der Waals surface area contributed by atoms with Gasteiger partial charge in [-0.05, 0) is 40.6 Å². The Kier molecular flexibility index (Phi) is 4.78. The lowest BCUT2D eigenvalue weighted by Crippen LogP contribution is -2.32. The van der Waals surface area contributed by atoms with Crippen LogP contribution in [-0.4, -0.2) is 39.2 Å². The predicted octanol–water partition coefficient (Wildman–Crippen LogP) is -0.0842. The predicted molar refractivity (Wildman–Crippen MR) is 74.1 cm³/mol. The van der Waals surface area contributed by atoms with Crippen LogP contribution in [0.2, 0.25) is 0 Å². The van der Waals surface area contributed by atoms with E-state index in [0.717, 1.165) is 11.3 Å². The van der Waals surface area contributed by atoms with Gasteiger partial charge in [-0.25, -0.2) is 4.68 Å². The minimum absolute atomic E-state index is 0.000438. The second-order valence-corrected chi connectivity index (χ2v) is 4.74. The van der Waals surface area contributed by atoms with E-state index in [1.54, 1.807) is 4.68 Å². The third kappa shape index (κ3) is 3.86. The normalized spacial score (nSPS) is 12.1. The van der Waals surface area contributed by atoms with E-state index in [1.807, 2.05) is 31.2 Å². The molecule has 0 radical (unpaired) electrons. The number of hydrogen-bond donors (Lipinski definition) is 2.